The summed E-state index contributed by atoms with van der Waals surface area (Å²) in [4.78, 5) is 22.4. The SMILES string of the molecule is CCn1nc(C)c([N+](=O)[O-])c1NCC(C)(C)C(=O)NC. The molecule has 0 saturated heterocycles. The highest BCUT2D eigenvalue weighted by Gasteiger charge is 2.30. The summed E-state index contributed by atoms with van der Waals surface area (Å²) in [6.07, 6.45) is 0. The first kappa shape index (κ1) is 15.9. The minimum Gasteiger partial charge on any atom is -0.363 e. The van der Waals surface area contributed by atoms with Crippen LogP contribution in [0.4, 0.5) is 11.5 Å². The van der Waals surface area contributed by atoms with E-state index in [1.165, 1.54) is 4.68 Å². The van der Waals surface area contributed by atoms with Crippen LogP contribution in [-0.2, 0) is 11.3 Å². The molecule has 1 rings (SSSR count). The van der Waals surface area contributed by atoms with Gasteiger partial charge in [-0.2, -0.15) is 5.10 Å². The molecule has 112 valence electrons. The van der Waals surface area contributed by atoms with Crippen LogP contribution in [0, 0.1) is 22.5 Å². The molecule has 0 unspecified atom stereocenters. The van der Waals surface area contributed by atoms with E-state index in [1.54, 1.807) is 27.8 Å². The summed E-state index contributed by atoms with van der Waals surface area (Å²) in [5, 5.41) is 20.8. The lowest BCUT2D eigenvalue weighted by Gasteiger charge is -2.23. The maximum atomic E-state index is 11.7. The van der Waals surface area contributed by atoms with E-state index in [9.17, 15) is 14.9 Å². The second kappa shape index (κ2) is 5.89. The van der Waals surface area contributed by atoms with Crippen LogP contribution in [0.1, 0.15) is 26.5 Å². The molecule has 2 N–H and O–H groups in total. The third-order valence-corrected chi connectivity index (χ3v) is 3.12. The fourth-order valence-electron chi connectivity index (χ4n) is 1.92. The van der Waals surface area contributed by atoms with E-state index in [1.807, 2.05) is 6.92 Å². The van der Waals surface area contributed by atoms with Crippen LogP contribution in [0.3, 0.4) is 0 Å². The molecule has 0 spiro atoms. The number of carbonyl (C=O) groups excluding carboxylic acids is 1. The van der Waals surface area contributed by atoms with E-state index in [0.717, 1.165) is 0 Å². The zero-order valence-electron chi connectivity index (χ0n) is 12.5. The van der Waals surface area contributed by atoms with Gasteiger partial charge in [0.1, 0.15) is 5.69 Å². The first-order valence-electron chi connectivity index (χ1n) is 6.42. The molecule has 0 saturated carbocycles. The van der Waals surface area contributed by atoms with Crippen LogP contribution in [0.5, 0.6) is 0 Å². The number of rotatable bonds is 6. The quantitative estimate of drug-likeness (QED) is 0.605. The van der Waals surface area contributed by atoms with Gasteiger partial charge in [0, 0.05) is 20.1 Å². The molecule has 0 aliphatic heterocycles. The van der Waals surface area contributed by atoms with E-state index in [4.69, 9.17) is 0 Å². The Kier molecular flexibility index (Phi) is 4.69. The molecule has 0 atom stereocenters. The van der Waals surface area contributed by atoms with E-state index in [2.05, 4.69) is 15.7 Å². The van der Waals surface area contributed by atoms with Crippen molar-refractivity contribution in [1.29, 1.82) is 0 Å². The summed E-state index contributed by atoms with van der Waals surface area (Å²) in [7, 11) is 1.56. The van der Waals surface area contributed by atoms with Crippen molar-refractivity contribution in [2.75, 3.05) is 18.9 Å². The largest absolute Gasteiger partial charge is 0.363 e. The van der Waals surface area contributed by atoms with Gasteiger partial charge in [-0.25, -0.2) is 4.68 Å². The normalized spacial score (nSPS) is 11.2. The monoisotopic (exact) mass is 283 g/mol. The van der Waals surface area contributed by atoms with Crippen LogP contribution in [0.25, 0.3) is 0 Å². The summed E-state index contributed by atoms with van der Waals surface area (Å²) in [6.45, 7) is 7.77. The Labute approximate surface area is 117 Å². The molecule has 20 heavy (non-hydrogen) atoms. The second-order valence-electron chi connectivity index (χ2n) is 5.17. The van der Waals surface area contributed by atoms with Crippen LogP contribution in [0.15, 0.2) is 0 Å². The summed E-state index contributed by atoms with van der Waals surface area (Å²) >= 11 is 0. The third kappa shape index (κ3) is 3.06. The second-order valence-corrected chi connectivity index (χ2v) is 5.17. The van der Waals surface area contributed by atoms with Gasteiger partial charge in [-0.1, -0.05) is 0 Å². The molecule has 0 aliphatic rings. The van der Waals surface area contributed by atoms with E-state index >= 15 is 0 Å². The number of nitrogens with one attached hydrogen (secondary N) is 2. The predicted octanol–water partition coefficient (Wildman–Crippen LogP) is 1.30. The Hall–Kier alpha value is -2.12. The summed E-state index contributed by atoms with van der Waals surface area (Å²) in [5.41, 5.74) is -0.365. The van der Waals surface area contributed by atoms with Crippen LogP contribution < -0.4 is 10.6 Å². The van der Waals surface area contributed by atoms with Crippen molar-refractivity contribution in [2.45, 2.75) is 34.2 Å². The van der Waals surface area contributed by atoms with Gasteiger partial charge < -0.3 is 10.6 Å². The van der Waals surface area contributed by atoms with Crippen molar-refractivity contribution < 1.29 is 9.72 Å². The molecule has 8 heteroatoms. The number of amides is 1. The standard InChI is InChI=1S/C12H21N5O3/c1-6-16-10(9(17(19)20)8(2)15-16)14-7-12(3,4)11(18)13-5/h14H,6-7H2,1-5H3,(H,13,18). The molecule has 0 aromatic carbocycles. The lowest BCUT2D eigenvalue weighted by Crippen LogP contribution is -2.39. The zero-order chi connectivity index (χ0) is 15.5. The van der Waals surface area contributed by atoms with Crippen LogP contribution in [0.2, 0.25) is 0 Å². The average Bonchev–Trinajstić information content (AvgIpc) is 2.71. The minimum atomic E-state index is -0.681. The Morgan fingerprint density at radius 2 is 2.10 bits per heavy atom. The summed E-state index contributed by atoms with van der Waals surface area (Å²) in [6, 6.07) is 0. The molecule has 0 radical (unpaired) electrons. The summed E-state index contributed by atoms with van der Waals surface area (Å²) in [5.74, 6) is 0.207. The number of nitro groups is 1. The lowest BCUT2D eigenvalue weighted by molar-refractivity contribution is -0.384. The zero-order valence-corrected chi connectivity index (χ0v) is 12.5. The predicted molar refractivity (Wildman–Crippen MR) is 75.6 cm³/mol. The number of aromatic nitrogens is 2. The molecule has 0 bridgehead atoms. The number of hydrogen-bond donors (Lipinski definition) is 2. The van der Waals surface area contributed by atoms with Crippen molar-refractivity contribution in [3.63, 3.8) is 0 Å². The minimum absolute atomic E-state index is 0.0421. The highest BCUT2D eigenvalue weighted by atomic mass is 16.6. The van der Waals surface area contributed by atoms with E-state index < -0.39 is 10.3 Å². The fraction of sp³-hybridized carbons (Fsp3) is 0.667. The van der Waals surface area contributed by atoms with Crippen molar-refractivity contribution in [3.8, 4) is 0 Å². The Bertz CT molecular complexity index is 521. The van der Waals surface area contributed by atoms with Gasteiger partial charge in [0.2, 0.25) is 11.7 Å². The van der Waals surface area contributed by atoms with Gasteiger partial charge in [0.15, 0.2) is 0 Å². The molecule has 8 nitrogen and oxygen atoms in total. The van der Waals surface area contributed by atoms with Gasteiger partial charge in [-0.05, 0) is 27.7 Å². The molecular weight excluding hydrogens is 262 g/mol. The number of anilines is 1. The molecule has 1 aromatic heterocycles. The Balaban J connectivity index is 3.03. The van der Waals surface area contributed by atoms with Crippen molar-refractivity contribution in [1.82, 2.24) is 15.1 Å². The fourth-order valence-corrected chi connectivity index (χ4v) is 1.92. The highest BCUT2D eigenvalue weighted by molar-refractivity contribution is 5.82. The molecule has 1 amide bonds. The van der Waals surface area contributed by atoms with Gasteiger partial charge in [-0.3, -0.25) is 14.9 Å². The summed E-state index contributed by atoms with van der Waals surface area (Å²) < 4.78 is 1.54. The molecular formula is C12H21N5O3. The van der Waals surface area contributed by atoms with Gasteiger partial charge in [0.25, 0.3) is 0 Å². The van der Waals surface area contributed by atoms with Gasteiger partial charge in [0.05, 0.1) is 10.3 Å². The Morgan fingerprint density at radius 1 is 1.50 bits per heavy atom. The third-order valence-electron chi connectivity index (χ3n) is 3.12. The number of hydrogen-bond acceptors (Lipinski definition) is 5. The first-order chi connectivity index (χ1) is 9.24. The maximum absolute atomic E-state index is 11.7. The molecule has 0 fully saturated rings. The topological polar surface area (TPSA) is 102 Å². The van der Waals surface area contributed by atoms with Gasteiger partial charge in [-0.15, -0.1) is 0 Å². The van der Waals surface area contributed by atoms with Crippen LogP contribution in [-0.4, -0.2) is 34.2 Å². The average molecular weight is 283 g/mol. The maximum Gasteiger partial charge on any atom is 0.333 e. The smallest absolute Gasteiger partial charge is 0.333 e. The molecule has 1 heterocycles. The van der Waals surface area contributed by atoms with Crippen LogP contribution >= 0.6 is 0 Å². The van der Waals surface area contributed by atoms with Gasteiger partial charge >= 0.3 is 5.69 Å². The van der Waals surface area contributed by atoms with Crippen molar-refractivity contribution in [2.24, 2.45) is 5.41 Å². The Morgan fingerprint density at radius 3 is 2.55 bits per heavy atom. The van der Waals surface area contributed by atoms with E-state index in [0.29, 0.717) is 18.1 Å². The number of carbonyl (C=O) groups is 1. The first-order valence-corrected chi connectivity index (χ1v) is 6.42. The molecule has 1 aromatic rings. The highest BCUT2D eigenvalue weighted by Crippen LogP contribution is 2.29. The molecule has 0 aliphatic carbocycles. The van der Waals surface area contributed by atoms with Crippen molar-refractivity contribution in [3.05, 3.63) is 15.8 Å². The lowest BCUT2D eigenvalue weighted by atomic mass is 9.92. The number of aryl methyl sites for hydroxylation is 2. The van der Waals surface area contributed by atoms with E-state index in [-0.39, 0.29) is 18.1 Å². The van der Waals surface area contributed by atoms with Crippen molar-refractivity contribution >= 4 is 17.4 Å². The number of nitrogens with zero attached hydrogens (tertiary/aromatic N) is 3.